The van der Waals surface area contributed by atoms with E-state index in [0.29, 0.717) is 13.1 Å². The van der Waals surface area contributed by atoms with Crippen molar-refractivity contribution in [2.24, 2.45) is 0 Å². The van der Waals surface area contributed by atoms with Crippen molar-refractivity contribution in [1.82, 2.24) is 10.6 Å². The third-order valence-corrected chi connectivity index (χ3v) is 14.8. The number of allylic oxidation sites excluding steroid dienone is 6. The van der Waals surface area contributed by atoms with E-state index in [9.17, 15) is 0 Å². The van der Waals surface area contributed by atoms with Crippen LogP contribution in [0.2, 0.25) is 0 Å². The molecule has 0 spiro atoms. The van der Waals surface area contributed by atoms with Gasteiger partial charge in [-0.15, -0.1) is 0 Å². The molecule has 0 unspecified atom stereocenters. The summed E-state index contributed by atoms with van der Waals surface area (Å²) >= 11 is 0. The van der Waals surface area contributed by atoms with Gasteiger partial charge in [0.25, 0.3) is 0 Å². The molecule has 72 heavy (non-hydrogen) atoms. The number of anilines is 4. The lowest BCUT2D eigenvalue weighted by molar-refractivity contribution is 0.669. The van der Waals surface area contributed by atoms with E-state index < -0.39 is 5.41 Å². The van der Waals surface area contributed by atoms with Crippen LogP contribution in [-0.4, -0.2) is 13.1 Å². The van der Waals surface area contributed by atoms with Crippen molar-refractivity contribution in [3.63, 3.8) is 0 Å². The summed E-state index contributed by atoms with van der Waals surface area (Å²) in [7, 11) is 0. The first-order valence-electron chi connectivity index (χ1n) is 24.9. The van der Waals surface area contributed by atoms with Gasteiger partial charge in [-0.05, 0) is 137 Å². The van der Waals surface area contributed by atoms with Crippen LogP contribution in [-0.2, 0) is 5.41 Å². The molecule has 2 aliphatic heterocycles. The standard InChI is InChI=1S/C67H52N4O/c1-45-27-33-56(43-68-45)70(53-35-29-49(30-36-53)47-17-7-3-8-18-47)55-39-40-58-60(41-55)67(51-21-11-5-12-22-51,52-23-13-6-14-24-52)61-42-62(65-59-25-15-16-26-63(59)72-66(65)64(58)61)71(57-34-28-46(2)69-44-57)54-37-31-50(32-38-54)48-19-9-4-10-20-48/h3-42,68-69H,43-44H2,1-2H3. The highest BCUT2D eigenvalue weighted by Gasteiger charge is 2.49. The lowest BCUT2D eigenvalue weighted by Gasteiger charge is -2.36. The van der Waals surface area contributed by atoms with Crippen molar-refractivity contribution in [3.8, 4) is 33.4 Å². The molecule has 5 nitrogen and oxygen atoms in total. The van der Waals surface area contributed by atoms with Gasteiger partial charge in [-0.25, -0.2) is 0 Å². The van der Waals surface area contributed by atoms with Gasteiger partial charge in [-0.1, -0.05) is 170 Å². The van der Waals surface area contributed by atoms with Crippen molar-refractivity contribution < 1.29 is 4.42 Å². The van der Waals surface area contributed by atoms with Gasteiger partial charge in [-0.2, -0.15) is 0 Å². The molecule has 0 saturated heterocycles. The van der Waals surface area contributed by atoms with Crippen molar-refractivity contribution >= 4 is 44.7 Å². The molecule has 2 N–H and O–H groups in total. The summed E-state index contributed by atoms with van der Waals surface area (Å²) in [6, 6.07) is 79.7. The van der Waals surface area contributed by atoms with E-state index in [4.69, 9.17) is 4.42 Å². The summed E-state index contributed by atoms with van der Waals surface area (Å²) in [5, 5.41) is 9.49. The predicted octanol–water partition coefficient (Wildman–Crippen LogP) is 16.3. The molecule has 3 aliphatic rings. The third kappa shape index (κ3) is 7.15. The van der Waals surface area contributed by atoms with Gasteiger partial charge in [0.1, 0.15) is 11.2 Å². The van der Waals surface area contributed by atoms with Crippen LogP contribution in [0.1, 0.15) is 36.1 Å². The number of hydrogen-bond acceptors (Lipinski definition) is 5. The minimum absolute atomic E-state index is 0.658. The van der Waals surface area contributed by atoms with Crippen molar-refractivity contribution in [2.75, 3.05) is 22.9 Å². The molecule has 1 aliphatic carbocycles. The van der Waals surface area contributed by atoms with Crippen LogP contribution in [0, 0.1) is 0 Å². The number of rotatable bonds is 10. The minimum atomic E-state index is -0.762. The lowest BCUT2D eigenvalue weighted by Crippen LogP contribution is -2.31. The zero-order chi connectivity index (χ0) is 48.2. The molecular weight excluding hydrogens is 877 g/mol. The van der Waals surface area contributed by atoms with Gasteiger partial charge in [0.2, 0.25) is 0 Å². The summed E-state index contributed by atoms with van der Waals surface area (Å²) in [5.74, 6) is 0. The Labute approximate surface area is 421 Å². The van der Waals surface area contributed by atoms with Gasteiger partial charge in [0, 0.05) is 50.8 Å². The summed E-state index contributed by atoms with van der Waals surface area (Å²) in [6.07, 6.45) is 8.90. The first kappa shape index (κ1) is 43.0. The number of fused-ring (bicyclic) bond motifs is 7. The predicted molar refractivity (Wildman–Crippen MR) is 299 cm³/mol. The van der Waals surface area contributed by atoms with Crippen LogP contribution >= 0.6 is 0 Å². The first-order valence-corrected chi connectivity index (χ1v) is 24.9. The molecule has 0 amide bonds. The Balaban J connectivity index is 1.10. The van der Waals surface area contributed by atoms with E-state index in [-0.39, 0.29) is 0 Å². The SMILES string of the molecule is CC1=CC=C(N(c2ccc(-c3ccccc3)cc2)c2ccc3c(c2)C(c2ccccc2)(c2ccccc2)c2cc(N(C4=CC=C(C)NC4)c4ccc(-c5ccccc5)cc4)c4c(oc5ccccc54)c2-3)CN1. The van der Waals surface area contributed by atoms with Crippen LogP contribution in [0.3, 0.4) is 0 Å². The lowest BCUT2D eigenvalue weighted by atomic mass is 9.67. The van der Waals surface area contributed by atoms with Gasteiger partial charge in [0.05, 0.1) is 29.6 Å². The molecule has 1 aromatic heterocycles. The molecule has 13 rings (SSSR count). The van der Waals surface area contributed by atoms with E-state index in [1.807, 2.05) is 0 Å². The minimum Gasteiger partial charge on any atom is -0.455 e. The molecule has 346 valence electrons. The van der Waals surface area contributed by atoms with E-state index in [1.165, 1.54) is 44.5 Å². The molecule has 5 heteroatoms. The zero-order valence-corrected chi connectivity index (χ0v) is 40.3. The van der Waals surface area contributed by atoms with E-state index in [0.717, 1.165) is 78.6 Å². The number of furan rings is 1. The van der Waals surface area contributed by atoms with Crippen molar-refractivity contribution in [1.29, 1.82) is 0 Å². The number of dihydropyridines is 2. The van der Waals surface area contributed by atoms with Crippen LogP contribution in [0.25, 0.3) is 55.3 Å². The van der Waals surface area contributed by atoms with Crippen LogP contribution in [0.15, 0.2) is 270 Å². The molecule has 3 heterocycles. The fourth-order valence-electron chi connectivity index (χ4n) is 11.4. The fourth-order valence-corrected chi connectivity index (χ4v) is 11.4. The number of benzene rings is 9. The van der Waals surface area contributed by atoms with E-state index >= 15 is 0 Å². The smallest absolute Gasteiger partial charge is 0.145 e. The number of nitrogens with zero attached hydrogens (tertiary/aromatic N) is 2. The zero-order valence-electron chi connectivity index (χ0n) is 40.3. The number of para-hydroxylation sites is 1. The maximum Gasteiger partial charge on any atom is 0.145 e. The fraction of sp³-hybridized carbons (Fsp3) is 0.0746. The summed E-state index contributed by atoms with van der Waals surface area (Å²) in [4.78, 5) is 4.89. The second-order valence-corrected chi connectivity index (χ2v) is 19.1. The maximum absolute atomic E-state index is 7.32. The molecular formula is C67H52N4O. The Bertz CT molecular complexity index is 3750. The largest absolute Gasteiger partial charge is 0.455 e. The molecule has 0 atom stereocenters. The average Bonchev–Trinajstić information content (AvgIpc) is 3.98. The third-order valence-electron chi connectivity index (χ3n) is 14.8. The van der Waals surface area contributed by atoms with Gasteiger partial charge < -0.3 is 24.9 Å². The van der Waals surface area contributed by atoms with E-state index in [2.05, 4.69) is 277 Å². The van der Waals surface area contributed by atoms with Crippen LogP contribution < -0.4 is 20.4 Å². The molecule has 10 aromatic rings. The van der Waals surface area contributed by atoms with Crippen LogP contribution in [0.4, 0.5) is 22.7 Å². The first-order chi connectivity index (χ1) is 35.5. The van der Waals surface area contributed by atoms with E-state index in [1.54, 1.807) is 0 Å². The Hall–Kier alpha value is -9.06. The highest BCUT2D eigenvalue weighted by Crippen LogP contribution is 2.61. The van der Waals surface area contributed by atoms with Crippen molar-refractivity contribution in [3.05, 3.63) is 288 Å². The second kappa shape index (κ2) is 17.7. The van der Waals surface area contributed by atoms with Crippen LogP contribution in [0.5, 0.6) is 0 Å². The normalized spacial score (nSPS) is 14.5. The monoisotopic (exact) mass is 928 g/mol. The number of hydrogen-bond donors (Lipinski definition) is 2. The van der Waals surface area contributed by atoms with Gasteiger partial charge in [0.15, 0.2) is 0 Å². The molecule has 0 saturated carbocycles. The maximum atomic E-state index is 7.32. The topological polar surface area (TPSA) is 43.7 Å². The molecule has 0 fully saturated rings. The Morgan fingerprint density at radius 3 is 1.44 bits per heavy atom. The molecule has 0 radical (unpaired) electrons. The Morgan fingerprint density at radius 2 is 0.903 bits per heavy atom. The Kier molecular flexibility index (Phi) is 10.6. The van der Waals surface area contributed by atoms with Gasteiger partial charge >= 0.3 is 0 Å². The summed E-state index contributed by atoms with van der Waals surface area (Å²) < 4.78 is 7.32. The highest BCUT2D eigenvalue weighted by atomic mass is 16.3. The van der Waals surface area contributed by atoms with Gasteiger partial charge in [-0.3, -0.25) is 0 Å². The quantitative estimate of drug-likeness (QED) is 0.143. The molecule has 0 bridgehead atoms. The highest BCUT2D eigenvalue weighted by molar-refractivity contribution is 6.19. The summed E-state index contributed by atoms with van der Waals surface area (Å²) in [5.41, 5.74) is 21.6. The summed E-state index contributed by atoms with van der Waals surface area (Å²) in [6.45, 7) is 5.60. The number of nitrogens with one attached hydrogen (secondary N) is 2. The Morgan fingerprint density at radius 1 is 0.431 bits per heavy atom. The second-order valence-electron chi connectivity index (χ2n) is 19.1. The van der Waals surface area contributed by atoms with Crippen molar-refractivity contribution in [2.45, 2.75) is 19.3 Å². The average molecular weight is 929 g/mol. The molecule has 9 aromatic carbocycles.